The first kappa shape index (κ1) is 13.8. The van der Waals surface area contributed by atoms with Gasteiger partial charge in [0.05, 0.1) is 0 Å². The van der Waals surface area contributed by atoms with Gasteiger partial charge in [-0.1, -0.05) is 19.8 Å². The fraction of sp³-hybridized carbons (Fsp3) is 1.00. The minimum atomic E-state index is -4.01. The molecule has 1 saturated carbocycles. The molecule has 1 unspecified atom stereocenters. The van der Waals surface area contributed by atoms with E-state index < -0.39 is 12.6 Å². The molecule has 1 fully saturated rings. The van der Waals surface area contributed by atoms with E-state index in [0.717, 1.165) is 25.8 Å². The highest BCUT2D eigenvalue weighted by Gasteiger charge is 2.31. The van der Waals surface area contributed by atoms with Crippen LogP contribution in [0.3, 0.4) is 0 Å². The van der Waals surface area contributed by atoms with Gasteiger partial charge in [0.2, 0.25) is 0 Å². The van der Waals surface area contributed by atoms with E-state index in [1.165, 1.54) is 12.8 Å². The van der Waals surface area contributed by atoms with E-state index >= 15 is 0 Å². The third-order valence-corrected chi connectivity index (χ3v) is 3.36. The molecule has 16 heavy (non-hydrogen) atoms. The smallest absolute Gasteiger partial charge is 0.314 e. The molecule has 0 saturated heterocycles. The third kappa shape index (κ3) is 5.19. The van der Waals surface area contributed by atoms with Gasteiger partial charge in [0.1, 0.15) is 0 Å². The first-order valence-corrected chi connectivity index (χ1v) is 6.33. The van der Waals surface area contributed by atoms with Crippen LogP contribution in [0.2, 0.25) is 0 Å². The predicted molar refractivity (Wildman–Crippen MR) is 59.3 cm³/mol. The Bertz CT molecular complexity index is 185. The van der Waals surface area contributed by atoms with E-state index in [-0.39, 0.29) is 12.5 Å². The Labute approximate surface area is 95.8 Å². The summed E-state index contributed by atoms with van der Waals surface area (Å²) in [6.45, 7) is 2.88. The molecule has 0 aliphatic heterocycles. The number of rotatable bonds is 6. The van der Waals surface area contributed by atoms with Crippen LogP contribution in [0.4, 0.5) is 13.2 Å². The lowest BCUT2D eigenvalue weighted by Gasteiger charge is -2.25. The van der Waals surface area contributed by atoms with Crippen LogP contribution < -0.4 is 5.32 Å². The number of alkyl halides is 3. The van der Waals surface area contributed by atoms with Crippen LogP contribution in [0, 0.1) is 5.92 Å². The van der Waals surface area contributed by atoms with Gasteiger partial charge < -0.3 is 5.32 Å². The molecule has 4 heteroatoms. The maximum Gasteiger partial charge on any atom is 0.389 e. The molecule has 1 aliphatic carbocycles. The summed E-state index contributed by atoms with van der Waals surface area (Å²) in [5, 5.41) is 3.28. The molecule has 0 amide bonds. The Morgan fingerprint density at radius 3 is 2.38 bits per heavy atom. The van der Waals surface area contributed by atoms with Crippen molar-refractivity contribution in [2.45, 2.75) is 64.1 Å². The van der Waals surface area contributed by atoms with Gasteiger partial charge in [-0.25, -0.2) is 0 Å². The average molecular weight is 237 g/mol. The van der Waals surface area contributed by atoms with Crippen molar-refractivity contribution in [3.05, 3.63) is 0 Å². The maximum atomic E-state index is 12.2. The Balaban J connectivity index is 2.36. The Hall–Kier alpha value is -0.250. The Morgan fingerprint density at radius 2 is 1.88 bits per heavy atom. The topological polar surface area (TPSA) is 12.0 Å². The van der Waals surface area contributed by atoms with Crippen LogP contribution >= 0.6 is 0 Å². The number of hydrogen-bond acceptors (Lipinski definition) is 1. The highest BCUT2D eigenvalue weighted by atomic mass is 19.4. The lowest BCUT2D eigenvalue weighted by Crippen LogP contribution is -2.36. The average Bonchev–Trinajstić information content (AvgIpc) is 2.69. The second-order valence-corrected chi connectivity index (χ2v) is 4.76. The molecule has 0 aromatic heterocycles. The summed E-state index contributed by atoms with van der Waals surface area (Å²) in [5.74, 6) is 0.467. The van der Waals surface area contributed by atoms with E-state index in [0.29, 0.717) is 5.92 Å². The standard InChI is InChI=1S/C12H22F3N/c1-2-9-16-11(7-8-12(13,14)15)10-5-3-4-6-10/h10-11,16H,2-9H2,1H3. The molecular formula is C12H22F3N. The zero-order valence-electron chi connectivity index (χ0n) is 9.95. The van der Waals surface area contributed by atoms with Crippen LogP contribution in [0.5, 0.6) is 0 Å². The van der Waals surface area contributed by atoms with Crippen molar-refractivity contribution in [3.63, 3.8) is 0 Å². The van der Waals surface area contributed by atoms with Gasteiger partial charge in [0.25, 0.3) is 0 Å². The maximum absolute atomic E-state index is 12.2. The fourth-order valence-corrected chi connectivity index (χ4v) is 2.51. The minimum absolute atomic E-state index is 0.0732. The zero-order valence-corrected chi connectivity index (χ0v) is 9.95. The minimum Gasteiger partial charge on any atom is -0.314 e. The monoisotopic (exact) mass is 237 g/mol. The fourth-order valence-electron chi connectivity index (χ4n) is 2.51. The van der Waals surface area contributed by atoms with E-state index in [4.69, 9.17) is 0 Å². The van der Waals surface area contributed by atoms with Crippen molar-refractivity contribution in [1.82, 2.24) is 5.32 Å². The summed E-state index contributed by atoms with van der Waals surface area (Å²) < 4.78 is 36.6. The molecule has 0 aromatic carbocycles. The van der Waals surface area contributed by atoms with Crippen molar-refractivity contribution < 1.29 is 13.2 Å². The van der Waals surface area contributed by atoms with Gasteiger partial charge in [0.15, 0.2) is 0 Å². The summed E-state index contributed by atoms with van der Waals surface area (Å²) in [7, 11) is 0. The van der Waals surface area contributed by atoms with Crippen LogP contribution in [-0.4, -0.2) is 18.8 Å². The summed E-state index contributed by atoms with van der Waals surface area (Å²) in [6.07, 6.45) is 1.12. The van der Waals surface area contributed by atoms with Gasteiger partial charge in [-0.15, -0.1) is 0 Å². The molecule has 1 nitrogen and oxygen atoms in total. The van der Waals surface area contributed by atoms with Crippen LogP contribution in [0.15, 0.2) is 0 Å². The molecular weight excluding hydrogens is 215 g/mol. The molecule has 0 heterocycles. The number of hydrogen-bond donors (Lipinski definition) is 1. The van der Waals surface area contributed by atoms with Gasteiger partial charge >= 0.3 is 6.18 Å². The molecule has 96 valence electrons. The zero-order chi connectivity index (χ0) is 12.0. The third-order valence-electron chi connectivity index (χ3n) is 3.36. The molecule has 0 radical (unpaired) electrons. The highest BCUT2D eigenvalue weighted by Crippen LogP contribution is 2.32. The molecule has 1 rings (SSSR count). The predicted octanol–water partition coefficient (Wildman–Crippen LogP) is 3.89. The SMILES string of the molecule is CCCNC(CCC(F)(F)F)C1CCCC1. The van der Waals surface area contributed by atoms with Crippen molar-refractivity contribution in [1.29, 1.82) is 0 Å². The van der Waals surface area contributed by atoms with Crippen LogP contribution in [0.25, 0.3) is 0 Å². The highest BCUT2D eigenvalue weighted by molar-refractivity contribution is 4.81. The first-order valence-electron chi connectivity index (χ1n) is 6.33. The molecule has 0 spiro atoms. The van der Waals surface area contributed by atoms with Gasteiger partial charge in [-0.05, 0) is 38.1 Å². The van der Waals surface area contributed by atoms with Gasteiger partial charge in [-0.2, -0.15) is 13.2 Å². The Kier molecular flexibility index (Phi) is 5.59. The van der Waals surface area contributed by atoms with Crippen molar-refractivity contribution in [2.24, 2.45) is 5.92 Å². The summed E-state index contributed by atoms with van der Waals surface area (Å²) in [6, 6.07) is 0.0732. The van der Waals surface area contributed by atoms with Crippen molar-refractivity contribution >= 4 is 0 Å². The second-order valence-electron chi connectivity index (χ2n) is 4.76. The van der Waals surface area contributed by atoms with Crippen molar-refractivity contribution in [2.75, 3.05) is 6.54 Å². The lowest BCUT2D eigenvalue weighted by molar-refractivity contribution is -0.137. The van der Waals surface area contributed by atoms with E-state index in [1.54, 1.807) is 0 Å². The van der Waals surface area contributed by atoms with E-state index in [2.05, 4.69) is 5.32 Å². The first-order chi connectivity index (χ1) is 7.53. The normalized spacial score (nSPS) is 20.2. The molecule has 1 N–H and O–H groups in total. The second kappa shape index (κ2) is 6.48. The van der Waals surface area contributed by atoms with Crippen LogP contribution in [-0.2, 0) is 0 Å². The Morgan fingerprint density at radius 1 is 1.25 bits per heavy atom. The molecule has 0 aromatic rings. The van der Waals surface area contributed by atoms with Gasteiger partial charge in [0, 0.05) is 12.5 Å². The van der Waals surface area contributed by atoms with Crippen molar-refractivity contribution in [3.8, 4) is 0 Å². The number of nitrogens with one attached hydrogen (secondary N) is 1. The molecule has 0 bridgehead atoms. The lowest BCUT2D eigenvalue weighted by atomic mass is 9.94. The molecule has 1 aliphatic rings. The van der Waals surface area contributed by atoms with Gasteiger partial charge in [-0.3, -0.25) is 0 Å². The van der Waals surface area contributed by atoms with Crippen LogP contribution in [0.1, 0.15) is 51.9 Å². The quantitative estimate of drug-likeness (QED) is 0.739. The van der Waals surface area contributed by atoms with E-state index in [1.807, 2.05) is 6.92 Å². The van der Waals surface area contributed by atoms with E-state index in [9.17, 15) is 13.2 Å². The number of halogens is 3. The largest absolute Gasteiger partial charge is 0.389 e. The molecule has 1 atom stereocenters. The summed E-state index contributed by atoms with van der Waals surface area (Å²) in [5.41, 5.74) is 0. The summed E-state index contributed by atoms with van der Waals surface area (Å²) >= 11 is 0. The summed E-state index contributed by atoms with van der Waals surface area (Å²) in [4.78, 5) is 0.